The molecule has 1 aliphatic heterocycles. The van der Waals surface area contributed by atoms with Gasteiger partial charge in [0.1, 0.15) is 16.7 Å². The molecule has 6 nitrogen and oxygen atoms in total. The van der Waals surface area contributed by atoms with Gasteiger partial charge < -0.3 is 10.2 Å². The summed E-state index contributed by atoms with van der Waals surface area (Å²) in [7, 11) is 3.54. The number of anilines is 2. The zero-order valence-corrected chi connectivity index (χ0v) is 18.3. The average molecular weight is 421 g/mol. The Bertz CT molecular complexity index is 1050. The van der Waals surface area contributed by atoms with E-state index in [0.717, 1.165) is 27.4 Å². The summed E-state index contributed by atoms with van der Waals surface area (Å²) in [5, 5.41) is 13.2. The maximum absolute atomic E-state index is 12.8. The van der Waals surface area contributed by atoms with E-state index in [0.29, 0.717) is 5.03 Å². The highest BCUT2D eigenvalue weighted by Gasteiger charge is 2.28. The van der Waals surface area contributed by atoms with Crippen LogP contribution < -0.4 is 10.2 Å². The lowest BCUT2D eigenvalue weighted by atomic mass is 10.1. The van der Waals surface area contributed by atoms with E-state index in [1.807, 2.05) is 68.3 Å². The smallest absolute Gasteiger partial charge is 0.238 e. The van der Waals surface area contributed by atoms with Crippen molar-refractivity contribution in [1.29, 1.82) is 5.26 Å². The van der Waals surface area contributed by atoms with Crippen molar-refractivity contribution in [2.45, 2.75) is 18.7 Å². The standard InChI is InChI=1S/C23H24N4O2S/c1-15-8-7-9-16(2)22(15)25-21(29)14-26(3)13-19(28)17(12-24)23-27(4)18-10-5-6-11-20(18)30-23/h5-11H,13-14H2,1-4H3,(H,25,29)/b23-17-. The number of thioether (sulfide) groups is 1. The minimum absolute atomic E-state index is 0.0166. The molecule has 1 amide bonds. The summed E-state index contributed by atoms with van der Waals surface area (Å²) in [5.41, 5.74) is 3.85. The van der Waals surface area contributed by atoms with E-state index in [-0.39, 0.29) is 30.4 Å². The van der Waals surface area contributed by atoms with Crippen LogP contribution in [0.3, 0.4) is 0 Å². The third kappa shape index (κ3) is 4.56. The largest absolute Gasteiger partial charge is 0.337 e. The number of aryl methyl sites for hydroxylation is 2. The van der Waals surface area contributed by atoms with Gasteiger partial charge in [0.2, 0.25) is 5.91 Å². The lowest BCUT2D eigenvalue weighted by molar-refractivity contribution is -0.119. The van der Waals surface area contributed by atoms with Crippen LogP contribution >= 0.6 is 11.8 Å². The van der Waals surface area contributed by atoms with E-state index in [4.69, 9.17) is 0 Å². The zero-order valence-electron chi connectivity index (χ0n) is 17.5. The Morgan fingerprint density at radius 2 is 1.77 bits per heavy atom. The number of carbonyl (C=O) groups excluding carboxylic acids is 2. The highest BCUT2D eigenvalue weighted by Crippen LogP contribution is 2.46. The molecule has 2 aromatic rings. The molecule has 3 rings (SSSR count). The number of para-hydroxylation sites is 2. The second-order valence-electron chi connectivity index (χ2n) is 7.33. The molecule has 1 N–H and O–H groups in total. The predicted molar refractivity (Wildman–Crippen MR) is 120 cm³/mol. The van der Waals surface area contributed by atoms with Crippen molar-refractivity contribution < 1.29 is 9.59 Å². The van der Waals surface area contributed by atoms with Crippen molar-refractivity contribution in [2.75, 3.05) is 37.4 Å². The highest BCUT2D eigenvalue weighted by atomic mass is 32.2. The van der Waals surface area contributed by atoms with Gasteiger partial charge in [-0.25, -0.2) is 0 Å². The lowest BCUT2D eigenvalue weighted by Crippen LogP contribution is -2.35. The Labute approximate surface area is 181 Å². The number of rotatable bonds is 6. The first kappa shape index (κ1) is 21.6. The number of ketones is 1. The highest BCUT2D eigenvalue weighted by molar-refractivity contribution is 8.03. The van der Waals surface area contributed by atoms with Gasteiger partial charge in [-0.05, 0) is 44.2 Å². The number of amides is 1. The van der Waals surface area contributed by atoms with Crippen LogP contribution in [0.1, 0.15) is 11.1 Å². The topological polar surface area (TPSA) is 76.4 Å². The molecule has 2 aromatic carbocycles. The van der Waals surface area contributed by atoms with E-state index in [9.17, 15) is 14.9 Å². The second-order valence-corrected chi connectivity index (χ2v) is 8.36. The van der Waals surface area contributed by atoms with E-state index >= 15 is 0 Å². The van der Waals surface area contributed by atoms with Gasteiger partial charge in [0.15, 0.2) is 5.78 Å². The maximum Gasteiger partial charge on any atom is 0.238 e. The molecule has 0 atom stereocenters. The zero-order chi connectivity index (χ0) is 21.8. The van der Waals surface area contributed by atoms with Crippen molar-refractivity contribution in [3.8, 4) is 6.07 Å². The minimum atomic E-state index is -0.304. The quantitative estimate of drug-likeness (QED) is 0.567. The van der Waals surface area contributed by atoms with E-state index in [1.165, 1.54) is 11.8 Å². The summed E-state index contributed by atoms with van der Waals surface area (Å²) >= 11 is 1.42. The number of Topliss-reactive ketones (excluding diaryl/α,β-unsaturated/α-hetero) is 1. The molecule has 0 spiro atoms. The van der Waals surface area contributed by atoms with Gasteiger partial charge in [0.25, 0.3) is 0 Å². The maximum atomic E-state index is 12.8. The first-order valence-electron chi connectivity index (χ1n) is 9.54. The molecule has 7 heteroatoms. The monoisotopic (exact) mass is 420 g/mol. The number of nitrogens with zero attached hydrogens (tertiary/aromatic N) is 3. The summed E-state index contributed by atoms with van der Waals surface area (Å²) in [6.45, 7) is 3.91. The fourth-order valence-electron chi connectivity index (χ4n) is 3.37. The summed E-state index contributed by atoms with van der Waals surface area (Å²) in [4.78, 5) is 29.8. The third-order valence-corrected chi connectivity index (χ3v) is 6.15. The Morgan fingerprint density at radius 1 is 1.10 bits per heavy atom. The van der Waals surface area contributed by atoms with Gasteiger partial charge in [0.05, 0.1) is 18.8 Å². The molecule has 0 saturated heterocycles. The molecule has 1 heterocycles. The van der Waals surface area contributed by atoms with Crippen LogP contribution in [-0.4, -0.2) is 43.8 Å². The molecule has 0 unspecified atom stereocenters. The van der Waals surface area contributed by atoms with Gasteiger partial charge in [-0.3, -0.25) is 14.5 Å². The van der Waals surface area contributed by atoms with Gasteiger partial charge >= 0.3 is 0 Å². The van der Waals surface area contributed by atoms with Gasteiger partial charge in [-0.1, -0.05) is 42.1 Å². The first-order valence-corrected chi connectivity index (χ1v) is 10.4. The van der Waals surface area contributed by atoms with Gasteiger partial charge in [-0.2, -0.15) is 5.26 Å². The van der Waals surface area contributed by atoms with Crippen molar-refractivity contribution in [1.82, 2.24) is 4.90 Å². The van der Waals surface area contributed by atoms with Crippen molar-refractivity contribution in [3.05, 3.63) is 64.2 Å². The molecule has 0 saturated carbocycles. The van der Waals surface area contributed by atoms with E-state index in [1.54, 1.807) is 11.9 Å². The fourth-order valence-corrected chi connectivity index (χ4v) is 4.53. The Balaban J connectivity index is 1.66. The van der Waals surface area contributed by atoms with E-state index in [2.05, 4.69) is 11.4 Å². The van der Waals surface area contributed by atoms with Crippen LogP contribution in [-0.2, 0) is 9.59 Å². The minimum Gasteiger partial charge on any atom is -0.337 e. The number of benzene rings is 2. The van der Waals surface area contributed by atoms with Crippen LogP contribution in [0.2, 0.25) is 0 Å². The molecule has 1 aliphatic rings. The number of hydrogen-bond acceptors (Lipinski definition) is 6. The number of likely N-dealkylation sites (N-methyl/N-ethyl adjacent to an activating group) is 1. The fraction of sp³-hybridized carbons (Fsp3) is 0.261. The Morgan fingerprint density at radius 3 is 2.40 bits per heavy atom. The van der Waals surface area contributed by atoms with Gasteiger partial charge in [-0.15, -0.1) is 0 Å². The number of hydrogen-bond donors (Lipinski definition) is 1. The number of nitrogens with one attached hydrogen (secondary N) is 1. The predicted octanol–water partition coefficient (Wildman–Crippen LogP) is 3.72. The summed E-state index contributed by atoms with van der Waals surface area (Å²) in [5.74, 6) is -0.504. The second kappa shape index (κ2) is 9.16. The molecular formula is C23H24N4O2S. The number of fused-ring (bicyclic) bond motifs is 1. The number of nitriles is 1. The van der Waals surface area contributed by atoms with Crippen LogP contribution in [0.15, 0.2) is 58.0 Å². The van der Waals surface area contributed by atoms with E-state index < -0.39 is 0 Å². The Hall–Kier alpha value is -3.08. The molecule has 0 aliphatic carbocycles. The summed E-state index contributed by atoms with van der Waals surface area (Å²) in [6.07, 6.45) is 0. The molecule has 0 radical (unpaired) electrons. The van der Waals surface area contributed by atoms with Crippen LogP contribution in [0.4, 0.5) is 11.4 Å². The molecule has 30 heavy (non-hydrogen) atoms. The summed E-state index contributed by atoms with van der Waals surface area (Å²) in [6, 6.07) is 15.7. The first-order chi connectivity index (χ1) is 14.3. The van der Waals surface area contributed by atoms with Crippen LogP contribution in [0.5, 0.6) is 0 Å². The molecule has 0 fully saturated rings. The van der Waals surface area contributed by atoms with Crippen molar-refractivity contribution in [2.24, 2.45) is 0 Å². The Kier molecular flexibility index (Phi) is 6.60. The molecule has 154 valence electrons. The SMILES string of the molecule is Cc1cccc(C)c1NC(=O)CN(C)CC(=O)/C(C#N)=C1\Sc2ccccc2N1C. The molecule has 0 aromatic heterocycles. The van der Waals surface area contributed by atoms with Crippen molar-refractivity contribution in [3.63, 3.8) is 0 Å². The van der Waals surface area contributed by atoms with Crippen LogP contribution in [0.25, 0.3) is 0 Å². The van der Waals surface area contributed by atoms with Gasteiger partial charge in [0, 0.05) is 17.6 Å². The normalized spacial score (nSPS) is 14.3. The summed E-state index contributed by atoms with van der Waals surface area (Å²) < 4.78 is 0. The lowest BCUT2D eigenvalue weighted by Gasteiger charge is -2.18. The number of carbonyl (C=O) groups is 2. The molecule has 0 bridgehead atoms. The molecular weight excluding hydrogens is 396 g/mol. The third-order valence-electron chi connectivity index (χ3n) is 4.91. The van der Waals surface area contributed by atoms with Crippen LogP contribution in [0, 0.1) is 25.2 Å². The average Bonchev–Trinajstić information content (AvgIpc) is 3.02. The van der Waals surface area contributed by atoms with Crippen molar-refractivity contribution >= 4 is 34.8 Å².